The number of allylic oxidation sites excluding steroid dienone is 2. The second-order valence-electron chi connectivity index (χ2n) is 5.57. The number of nitrogens with zero attached hydrogens (tertiary/aromatic N) is 2. The fraction of sp³-hybridized carbons (Fsp3) is 0.118. The topological polar surface area (TPSA) is 27.0 Å². The Morgan fingerprint density at radius 1 is 0.962 bits per heavy atom. The van der Waals surface area contributed by atoms with E-state index in [4.69, 9.17) is 0 Å². The third kappa shape index (κ3) is 7.16. The normalized spacial score (nSPS) is 19.1. The molecule has 2 aromatic rings. The fourth-order valence-electron chi connectivity index (χ4n) is 2.43. The quantitative estimate of drug-likeness (QED) is 0.402. The van der Waals surface area contributed by atoms with Crippen molar-refractivity contribution in [3.8, 4) is 6.07 Å². The maximum atomic E-state index is 9.87. The van der Waals surface area contributed by atoms with Crippen LogP contribution >= 0.6 is 7.81 Å². The molecule has 26 heavy (non-hydrogen) atoms. The number of hydrogen-bond acceptors (Lipinski definition) is 2. The molecule has 0 spiro atoms. The van der Waals surface area contributed by atoms with Gasteiger partial charge >= 0.3 is 34.4 Å². The molecule has 2 nitrogen and oxygen atoms in total. The second kappa shape index (κ2) is 6.33. The van der Waals surface area contributed by atoms with Crippen LogP contribution in [-0.2, 0) is 6.54 Å². The predicted octanol–water partition coefficient (Wildman–Crippen LogP) is 7.11. The molecule has 0 N–H and O–H groups in total. The second-order valence-corrected chi connectivity index (χ2v) is 7.49. The summed E-state index contributed by atoms with van der Waals surface area (Å²) in [6.45, 7) is 0.750. The van der Waals surface area contributed by atoms with Gasteiger partial charge in [0.05, 0.1) is 6.07 Å². The van der Waals surface area contributed by atoms with Crippen LogP contribution < -0.4 is 0 Å². The number of benzene rings is 2. The smallest absolute Gasteiger partial charge is 0.354 e. The summed E-state index contributed by atoms with van der Waals surface area (Å²) in [4.78, 5) is 2.06. The van der Waals surface area contributed by atoms with Gasteiger partial charge in [-0.05, 0) is 28.5 Å². The van der Waals surface area contributed by atoms with E-state index in [1.807, 2.05) is 30.5 Å². The van der Waals surface area contributed by atoms with Crippen molar-refractivity contribution in [2.75, 3.05) is 0 Å². The van der Waals surface area contributed by atoms with E-state index in [0.717, 1.165) is 6.54 Å². The first-order valence-electron chi connectivity index (χ1n) is 7.37. The molecular formula is C17H15F6N2P. The number of fused-ring (bicyclic) bond motifs is 1. The molecule has 3 rings (SSSR count). The number of hydrogen-bond donors (Lipinski definition) is 0. The van der Waals surface area contributed by atoms with E-state index in [0.29, 0.717) is 0 Å². The predicted molar refractivity (Wildman–Crippen MR) is 91.9 cm³/mol. The standard InChI is InChI=1S/C17H14N2.F6P/c18-12-16-9-3-4-11-19(16)13-15-8-5-7-14-6-1-2-10-17(14)15;1-7(2,3,4,5)6/h1-11,16H,13H2;/q;-1/p+1. The summed E-state index contributed by atoms with van der Waals surface area (Å²) in [7, 11) is -10.7. The molecule has 0 saturated carbocycles. The largest absolute Gasteiger partial charge is 1.00 e. The Labute approximate surface area is 147 Å². The van der Waals surface area contributed by atoms with Gasteiger partial charge in [0.15, 0.2) is 0 Å². The first kappa shape index (κ1) is 19.8. The Hall–Kier alpha value is -2.52. The van der Waals surface area contributed by atoms with Crippen molar-refractivity contribution < 1.29 is 26.6 Å². The van der Waals surface area contributed by atoms with Crippen LogP contribution in [0.1, 0.15) is 6.99 Å². The third-order valence-corrected chi connectivity index (χ3v) is 3.40. The number of nitriles is 1. The molecule has 0 radical (unpaired) electrons. The fourth-order valence-corrected chi connectivity index (χ4v) is 2.43. The van der Waals surface area contributed by atoms with Crippen molar-refractivity contribution >= 4 is 18.6 Å². The Morgan fingerprint density at radius 2 is 1.58 bits per heavy atom. The molecule has 0 saturated heterocycles. The van der Waals surface area contributed by atoms with E-state index in [1.165, 1.54) is 16.3 Å². The molecule has 0 amide bonds. The van der Waals surface area contributed by atoms with Crippen LogP contribution in [0.25, 0.3) is 10.8 Å². The molecule has 2 aromatic carbocycles. The Balaban J connectivity index is 0.000000395. The zero-order valence-corrected chi connectivity index (χ0v) is 14.1. The van der Waals surface area contributed by atoms with Crippen LogP contribution in [0.5, 0.6) is 0 Å². The van der Waals surface area contributed by atoms with E-state index in [1.54, 1.807) is 0 Å². The molecule has 140 valence electrons. The Morgan fingerprint density at radius 3 is 2.23 bits per heavy atom. The monoisotopic (exact) mass is 392 g/mol. The summed E-state index contributed by atoms with van der Waals surface area (Å²) in [6, 6.07) is 16.8. The molecule has 0 aromatic heterocycles. The van der Waals surface area contributed by atoms with Gasteiger partial charge in [-0.2, -0.15) is 5.26 Å². The van der Waals surface area contributed by atoms with Crippen molar-refractivity contribution in [2.45, 2.75) is 12.6 Å². The molecule has 0 bridgehead atoms. The van der Waals surface area contributed by atoms with Gasteiger partial charge in [-0.25, -0.2) is 0 Å². The minimum absolute atomic E-state index is 0. The van der Waals surface area contributed by atoms with Gasteiger partial charge in [0.1, 0.15) is 6.04 Å². The first-order valence-corrected chi connectivity index (χ1v) is 9.40. The van der Waals surface area contributed by atoms with Crippen LogP contribution in [-0.4, -0.2) is 10.9 Å². The van der Waals surface area contributed by atoms with Crippen molar-refractivity contribution in [1.29, 1.82) is 5.26 Å². The van der Waals surface area contributed by atoms with Crippen LogP contribution in [0.15, 0.2) is 66.9 Å². The summed E-state index contributed by atoms with van der Waals surface area (Å²) in [5.41, 5.74) is 1.25. The molecule has 0 aliphatic carbocycles. The van der Waals surface area contributed by atoms with Crippen LogP contribution in [0, 0.1) is 11.3 Å². The molecule has 1 heterocycles. The maximum Gasteiger partial charge on any atom is 1.00 e. The summed E-state index contributed by atoms with van der Waals surface area (Å²) in [6.07, 6.45) is 7.80. The molecule has 1 aliphatic rings. The average molecular weight is 392 g/mol. The summed E-state index contributed by atoms with van der Waals surface area (Å²) in [5, 5.41) is 11.7. The van der Waals surface area contributed by atoms with Gasteiger partial charge in [0, 0.05) is 12.7 Å². The van der Waals surface area contributed by atoms with Gasteiger partial charge in [-0.15, -0.1) is 0 Å². The SMILES string of the molecule is F[P-](F)(F)(F)(F)F.N#CC1C=CC=CN1Cc1cccc2ccccc12.[H+]. The van der Waals surface area contributed by atoms with Crippen molar-refractivity contribution in [3.63, 3.8) is 0 Å². The number of rotatable bonds is 2. The maximum absolute atomic E-state index is 10.7. The van der Waals surface area contributed by atoms with Crippen LogP contribution in [0.2, 0.25) is 0 Å². The zero-order valence-electron chi connectivity index (χ0n) is 14.2. The van der Waals surface area contributed by atoms with Crippen LogP contribution in [0.4, 0.5) is 25.2 Å². The van der Waals surface area contributed by atoms with E-state index >= 15 is 0 Å². The Kier molecular flexibility index (Phi) is 4.82. The van der Waals surface area contributed by atoms with Gasteiger partial charge in [0.25, 0.3) is 0 Å². The van der Waals surface area contributed by atoms with E-state index < -0.39 is 7.81 Å². The van der Waals surface area contributed by atoms with Gasteiger partial charge in [0.2, 0.25) is 0 Å². The summed E-state index contributed by atoms with van der Waals surface area (Å²) >= 11 is 0. The molecule has 1 aliphatic heterocycles. The van der Waals surface area contributed by atoms with Crippen molar-refractivity contribution in [3.05, 3.63) is 72.5 Å². The molecule has 0 fully saturated rings. The molecule has 9 heteroatoms. The summed E-state index contributed by atoms with van der Waals surface area (Å²) < 4.78 is 59.2. The van der Waals surface area contributed by atoms with E-state index in [2.05, 4.69) is 47.4 Å². The molecule has 1 unspecified atom stereocenters. The van der Waals surface area contributed by atoms with Crippen molar-refractivity contribution in [1.82, 2.24) is 4.90 Å². The minimum Gasteiger partial charge on any atom is -0.354 e. The minimum atomic E-state index is -10.7. The van der Waals surface area contributed by atoms with Gasteiger partial charge < -0.3 is 4.90 Å². The average Bonchev–Trinajstić information content (AvgIpc) is 2.53. The molecular weight excluding hydrogens is 377 g/mol. The van der Waals surface area contributed by atoms with Crippen LogP contribution in [0.3, 0.4) is 0 Å². The summed E-state index contributed by atoms with van der Waals surface area (Å²) in [5.74, 6) is 0. The molecule has 1 atom stereocenters. The van der Waals surface area contributed by atoms with Crippen molar-refractivity contribution in [2.24, 2.45) is 0 Å². The Bertz CT molecular complexity index is 887. The third-order valence-electron chi connectivity index (χ3n) is 3.40. The first-order chi connectivity index (χ1) is 11.8. The number of halogens is 6. The van der Waals surface area contributed by atoms with E-state index in [9.17, 15) is 30.4 Å². The van der Waals surface area contributed by atoms with E-state index in [-0.39, 0.29) is 7.47 Å². The van der Waals surface area contributed by atoms with Gasteiger partial charge in [-0.1, -0.05) is 48.5 Å². The zero-order chi connectivity index (χ0) is 19.5. The van der Waals surface area contributed by atoms with Gasteiger partial charge in [-0.3, -0.25) is 0 Å².